The van der Waals surface area contributed by atoms with Gasteiger partial charge in [-0.2, -0.15) is 18.2 Å². The number of nitrogens with zero attached hydrogens (tertiary/aromatic N) is 5. The lowest BCUT2D eigenvalue weighted by Crippen LogP contribution is -2.44. The van der Waals surface area contributed by atoms with E-state index < -0.39 is 23.9 Å². The Morgan fingerprint density at radius 1 is 1.00 bits per heavy atom. The average Bonchev–Trinajstić information content (AvgIpc) is 3.84. The maximum absolute atomic E-state index is 14.6. The number of pyridine rings is 3. The fraction of sp³-hybridized carbons (Fsp3) is 0.429. The van der Waals surface area contributed by atoms with Crippen LogP contribution in [0.4, 0.5) is 23.8 Å². The number of rotatable bonds is 13. The van der Waals surface area contributed by atoms with E-state index in [1.54, 1.807) is 29.3 Å². The number of halogens is 4. The molecule has 0 spiro atoms. The molecule has 0 bridgehead atoms. The Bertz CT molecular complexity index is 2270. The number of piperidine rings is 1. The maximum Gasteiger partial charge on any atom is 0.419 e. The van der Waals surface area contributed by atoms with E-state index in [1.807, 2.05) is 18.2 Å². The standard InChI is InChI=1S/C42H46ClF3N8O6/c1-23(55)53-17-14-26(15-18-53)48-20-25-19-32(42(44,45)46)38(52-40(25)60-3)50-33-11-9-28-29(33)5-4-6-30(28)37-36(43)31(13-16-47-37)34-10-7-24(39(51-34)59-2)21-54(41(57)58)22-27-8-12-35(56)49-27/h4-7,10,13,16,19,26-27,33,48H,8-9,11-12,14-15,17-18,20-22H2,1-3H3,(H,49,56)(H,50,52)(H,57,58)/t27-,33-/m0/s1. The SMILES string of the molecule is COc1nc(-c2ccnc(-c3cccc4c3CC[C@@H]4Nc3nc(OC)c(CNC4CCN(C(C)=O)CC4)cc3C(F)(F)F)c2Cl)ccc1CN(C[C@@H]1CCC(=O)N1)C(=O)O. The minimum absolute atomic E-state index is 0.00439. The normalized spacial score (nSPS) is 17.9. The molecule has 2 saturated heterocycles. The van der Waals surface area contributed by atoms with Crippen molar-refractivity contribution in [1.29, 1.82) is 0 Å². The van der Waals surface area contributed by atoms with Crippen LogP contribution in [0, 0.1) is 0 Å². The van der Waals surface area contributed by atoms with Crippen molar-refractivity contribution in [3.05, 3.63) is 81.5 Å². The lowest BCUT2D eigenvalue weighted by Gasteiger charge is -2.32. The van der Waals surface area contributed by atoms with Gasteiger partial charge < -0.3 is 40.3 Å². The molecule has 3 aliphatic rings. The van der Waals surface area contributed by atoms with Gasteiger partial charge in [-0.15, -0.1) is 0 Å². The van der Waals surface area contributed by atoms with Gasteiger partial charge in [0.15, 0.2) is 0 Å². The molecule has 3 aromatic heterocycles. The van der Waals surface area contributed by atoms with Crippen LogP contribution in [0.5, 0.6) is 11.8 Å². The van der Waals surface area contributed by atoms with Crippen LogP contribution in [-0.2, 0) is 35.3 Å². The summed E-state index contributed by atoms with van der Waals surface area (Å²) in [6, 6.07) is 11.0. The Kier molecular flexibility index (Phi) is 12.7. The van der Waals surface area contributed by atoms with E-state index in [2.05, 4.69) is 30.9 Å². The molecule has 14 nitrogen and oxygen atoms in total. The van der Waals surface area contributed by atoms with E-state index in [0.717, 1.165) is 22.8 Å². The lowest BCUT2D eigenvalue weighted by molar-refractivity contribution is -0.137. The molecule has 0 unspecified atom stereocenters. The first-order valence-electron chi connectivity index (χ1n) is 19.7. The number of anilines is 1. The summed E-state index contributed by atoms with van der Waals surface area (Å²) < 4.78 is 55.0. The summed E-state index contributed by atoms with van der Waals surface area (Å²) >= 11 is 7.08. The summed E-state index contributed by atoms with van der Waals surface area (Å²) in [5.41, 5.74) is 3.75. The third-order valence-corrected chi connectivity index (χ3v) is 11.8. The van der Waals surface area contributed by atoms with E-state index in [1.165, 1.54) is 26.0 Å². The lowest BCUT2D eigenvalue weighted by atomic mass is 9.98. The van der Waals surface area contributed by atoms with Crippen molar-refractivity contribution in [2.24, 2.45) is 0 Å². The molecule has 1 aliphatic carbocycles. The molecule has 4 N–H and O–H groups in total. The molecular weight excluding hydrogens is 805 g/mol. The number of alkyl halides is 3. The van der Waals surface area contributed by atoms with E-state index in [4.69, 9.17) is 21.1 Å². The minimum Gasteiger partial charge on any atom is -0.481 e. The second-order valence-corrected chi connectivity index (χ2v) is 15.6. The third kappa shape index (κ3) is 9.21. The van der Waals surface area contributed by atoms with Gasteiger partial charge >= 0.3 is 12.3 Å². The number of benzene rings is 1. The molecule has 60 heavy (non-hydrogen) atoms. The predicted molar refractivity (Wildman–Crippen MR) is 217 cm³/mol. The Balaban J connectivity index is 1.11. The minimum atomic E-state index is -4.70. The zero-order chi connectivity index (χ0) is 42.7. The molecule has 4 aromatic rings. The van der Waals surface area contributed by atoms with Gasteiger partial charge in [-0.1, -0.05) is 29.8 Å². The van der Waals surface area contributed by atoms with E-state index >= 15 is 0 Å². The number of fused-ring (bicyclic) bond motifs is 1. The first kappa shape index (κ1) is 42.4. The van der Waals surface area contributed by atoms with Gasteiger partial charge in [-0.25, -0.2) is 9.78 Å². The summed E-state index contributed by atoms with van der Waals surface area (Å²) in [5, 5.41) is 19.4. The summed E-state index contributed by atoms with van der Waals surface area (Å²) in [6.07, 6.45) is -0.966. The highest BCUT2D eigenvalue weighted by molar-refractivity contribution is 6.35. The Morgan fingerprint density at radius 3 is 2.42 bits per heavy atom. The molecule has 3 amide bonds. The summed E-state index contributed by atoms with van der Waals surface area (Å²) in [5.74, 6) is -0.152. The van der Waals surface area contributed by atoms with Crippen molar-refractivity contribution in [2.75, 3.05) is 39.2 Å². The Hall–Kier alpha value is -5.68. The van der Waals surface area contributed by atoms with Crippen LogP contribution in [0.2, 0.25) is 5.02 Å². The van der Waals surface area contributed by atoms with E-state index in [0.29, 0.717) is 79.2 Å². The number of likely N-dealkylation sites (tertiary alicyclic amines) is 1. The van der Waals surface area contributed by atoms with Crippen molar-refractivity contribution in [3.8, 4) is 34.3 Å². The van der Waals surface area contributed by atoms with Crippen molar-refractivity contribution in [1.82, 2.24) is 35.4 Å². The number of hydrogen-bond donors (Lipinski definition) is 4. The van der Waals surface area contributed by atoms with Gasteiger partial charge in [0.2, 0.25) is 23.6 Å². The number of methoxy groups -OCH3 is 2. The first-order valence-corrected chi connectivity index (χ1v) is 20.1. The molecule has 2 aliphatic heterocycles. The zero-order valence-corrected chi connectivity index (χ0v) is 34.1. The van der Waals surface area contributed by atoms with Crippen LogP contribution >= 0.6 is 11.6 Å². The molecule has 0 radical (unpaired) electrons. The van der Waals surface area contributed by atoms with Crippen molar-refractivity contribution in [2.45, 2.75) is 82.8 Å². The van der Waals surface area contributed by atoms with Gasteiger partial charge in [0.05, 0.1) is 48.8 Å². The summed E-state index contributed by atoms with van der Waals surface area (Å²) in [7, 11) is 2.82. The topological polar surface area (TPSA) is 171 Å². The van der Waals surface area contributed by atoms with Crippen LogP contribution in [0.25, 0.3) is 22.5 Å². The number of carbonyl (C=O) groups is 3. The fourth-order valence-electron chi connectivity index (χ4n) is 8.25. The van der Waals surface area contributed by atoms with Crippen LogP contribution in [-0.4, -0.2) is 93.7 Å². The van der Waals surface area contributed by atoms with Crippen molar-refractivity contribution >= 4 is 35.3 Å². The number of hydrogen-bond acceptors (Lipinski definition) is 10. The number of nitrogens with one attached hydrogen (secondary N) is 3. The highest BCUT2D eigenvalue weighted by Gasteiger charge is 2.38. The Labute approximate surface area is 349 Å². The summed E-state index contributed by atoms with van der Waals surface area (Å²) in [4.78, 5) is 52.1. The zero-order valence-electron chi connectivity index (χ0n) is 33.4. The second-order valence-electron chi connectivity index (χ2n) is 15.2. The highest BCUT2D eigenvalue weighted by Crippen LogP contribution is 2.44. The third-order valence-electron chi connectivity index (χ3n) is 11.4. The van der Waals surface area contributed by atoms with E-state index in [9.17, 15) is 32.7 Å². The molecule has 318 valence electrons. The van der Waals surface area contributed by atoms with Gasteiger partial charge in [0.1, 0.15) is 5.82 Å². The monoisotopic (exact) mass is 850 g/mol. The average molecular weight is 851 g/mol. The number of ether oxygens (including phenoxy) is 2. The number of carboxylic acid groups (broad SMARTS) is 1. The molecular formula is C42H46ClF3N8O6. The highest BCUT2D eigenvalue weighted by atomic mass is 35.5. The molecule has 5 heterocycles. The van der Waals surface area contributed by atoms with Crippen LogP contribution in [0.15, 0.2) is 48.7 Å². The molecule has 1 aromatic carbocycles. The molecule has 18 heteroatoms. The smallest absolute Gasteiger partial charge is 0.419 e. The van der Waals surface area contributed by atoms with Gasteiger partial charge in [0.25, 0.3) is 0 Å². The number of amides is 3. The quantitative estimate of drug-likeness (QED) is 0.111. The largest absolute Gasteiger partial charge is 0.481 e. The van der Waals surface area contributed by atoms with Crippen molar-refractivity contribution < 1.29 is 42.1 Å². The molecule has 0 saturated carbocycles. The van der Waals surface area contributed by atoms with Gasteiger partial charge in [0, 0.05) is 80.1 Å². The van der Waals surface area contributed by atoms with Crippen molar-refractivity contribution in [3.63, 3.8) is 0 Å². The van der Waals surface area contributed by atoms with Gasteiger partial charge in [-0.3, -0.25) is 14.6 Å². The van der Waals surface area contributed by atoms with Crippen LogP contribution in [0.1, 0.15) is 72.9 Å². The van der Waals surface area contributed by atoms with Gasteiger partial charge in [-0.05, 0) is 67.5 Å². The fourth-order valence-corrected chi connectivity index (χ4v) is 8.56. The maximum atomic E-state index is 14.6. The number of carbonyl (C=O) groups excluding carboxylic acids is 2. The second kappa shape index (κ2) is 17.9. The predicted octanol–water partition coefficient (Wildman–Crippen LogP) is 6.85. The Morgan fingerprint density at radius 2 is 1.75 bits per heavy atom. The molecule has 7 rings (SSSR count). The summed E-state index contributed by atoms with van der Waals surface area (Å²) in [6.45, 7) is 2.91. The van der Waals surface area contributed by atoms with Crippen LogP contribution in [0.3, 0.4) is 0 Å². The molecule has 2 atom stereocenters. The first-order chi connectivity index (χ1) is 28.7. The van der Waals surface area contributed by atoms with Crippen LogP contribution < -0.4 is 25.4 Å². The molecule has 2 fully saturated rings. The van der Waals surface area contributed by atoms with E-state index in [-0.39, 0.29) is 66.7 Å². The number of aromatic nitrogens is 3.